The average Bonchev–Trinajstić information content (AvgIpc) is 3.29. The average molecular weight is 467 g/mol. The molecule has 0 bridgehead atoms. The number of fused-ring (bicyclic) bond motifs is 1. The summed E-state index contributed by atoms with van der Waals surface area (Å²) in [7, 11) is 1.81. The van der Waals surface area contributed by atoms with Crippen LogP contribution in [0.3, 0.4) is 0 Å². The SMILES string of the molecule is Cc1ccc(-c2nc3sc(N(C)CC(=O)Nc4ccc(F)cc4)nn3c2NC(C)(C)C)cc1. The van der Waals surface area contributed by atoms with Crippen LogP contribution in [0.2, 0.25) is 0 Å². The second-order valence-corrected chi connectivity index (χ2v) is 9.97. The van der Waals surface area contributed by atoms with Crippen molar-refractivity contribution in [3.8, 4) is 11.3 Å². The van der Waals surface area contributed by atoms with Gasteiger partial charge >= 0.3 is 0 Å². The van der Waals surface area contributed by atoms with Crippen molar-refractivity contribution in [3.63, 3.8) is 0 Å². The van der Waals surface area contributed by atoms with Crippen LogP contribution in [0.25, 0.3) is 16.2 Å². The Labute approximate surface area is 196 Å². The zero-order valence-corrected chi connectivity index (χ0v) is 20.1. The number of likely N-dealkylation sites (N-methyl/N-ethyl adjacent to an activating group) is 1. The number of nitrogens with one attached hydrogen (secondary N) is 2. The number of hydrogen-bond donors (Lipinski definition) is 2. The summed E-state index contributed by atoms with van der Waals surface area (Å²) in [4.78, 5) is 19.8. The first-order chi connectivity index (χ1) is 15.6. The lowest BCUT2D eigenvalue weighted by Gasteiger charge is -2.22. The summed E-state index contributed by atoms with van der Waals surface area (Å²) in [6.45, 7) is 8.42. The maximum absolute atomic E-state index is 13.1. The Hall–Kier alpha value is -3.46. The van der Waals surface area contributed by atoms with Crippen LogP contribution in [0.5, 0.6) is 0 Å². The van der Waals surface area contributed by atoms with E-state index >= 15 is 0 Å². The fourth-order valence-corrected chi connectivity index (χ4v) is 4.15. The summed E-state index contributed by atoms with van der Waals surface area (Å²) in [5.41, 5.74) is 3.39. The van der Waals surface area contributed by atoms with Crippen molar-refractivity contribution in [1.82, 2.24) is 14.6 Å². The lowest BCUT2D eigenvalue weighted by molar-refractivity contribution is -0.114. The molecule has 33 heavy (non-hydrogen) atoms. The van der Waals surface area contributed by atoms with Crippen LogP contribution in [-0.4, -0.2) is 39.6 Å². The van der Waals surface area contributed by atoms with Gasteiger partial charge in [0.25, 0.3) is 0 Å². The topological polar surface area (TPSA) is 74.6 Å². The van der Waals surface area contributed by atoms with Crippen molar-refractivity contribution in [2.45, 2.75) is 33.2 Å². The van der Waals surface area contributed by atoms with E-state index in [4.69, 9.17) is 10.1 Å². The molecule has 0 spiro atoms. The number of hydrogen-bond acceptors (Lipinski definition) is 6. The van der Waals surface area contributed by atoms with Crippen molar-refractivity contribution in [1.29, 1.82) is 0 Å². The molecule has 0 atom stereocenters. The van der Waals surface area contributed by atoms with Gasteiger partial charge in [-0.3, -0.25) is 4.79 Å². The van der Waals surface area contributed by atoms with Crippen LogP contribution in [-0.2, 0) is 4.79 Å². The first kappa shape index (κ1) is 22.7. The number of halogens is 1. The van der Waals surface area contributed by atoms with Crippen molar-refractivity contribution >= 4 is 38.8 Å². The van der Waals surface area contributed by atoms with Crippen LogP contribution in [0, 0.1) is 12.7 Å². The molecular formula is C24H27FN6OS. The summed E-state index contributed by atoms with van der Waals surface area (Å²) >= 11 is 1.41. The number of amides is 1. The van der Waals surface area contributed by atoms with Gasteiger partial charge in [0, 0.05) is 23.8 Å². The highest BCUT2D eigenvalue weighted by Crippen LogP contribution is 2.34. The molecular weight excluding hydrogens is 439 g/mol. The molecule has 9 heteroatoms. The molecule has 0 aliphatic heterocycles. The fourth-order valence-electron chi connectivity index (χ4n) is 3.29. The Morgan fingerprint density at radius 3 is 2.42 bits per heavy atom. The van der Waals surface area contributed by atoms with Gasteiger partial charge < -0.3 is 15.5 Å². The molecule has 7 nitrogen and oxygen atoms in total. The summed E-state index contributed by atoms with van der Waals surface area (Å²) < 4.78 is 14.9. The van der Waals surface area contributed by atoms with Gasteiger partial charge in [-0.05, 0) is 52.0 Å². The molecule has 0 radical (unpaired) electrons. The van der Waals surface area contributed by atoms with E-state index in [0.29, 0.717) is 10.8 Å². The van der Waals surface area contributed by atoms with E-state index in [9.17, 15) is 9.18 Å². The van der Waals surface area contributed by atoms with E-state index in [-0.39, 0.29) is 23.8 Å². The molecule has 0 fully saturated rings. The number of aryl methyl sites for hydroxylation is 1. The molecule has 0 aliphatic carbocycles. The lowest BCUT2D eigenvalue weighted by Crippen LogP contribution is -2.30. The summed E-state index contributed by atoms with van der Waals surface area (Å²) in [5, 5.41) is 11.7. The third-order valence-corrected chi connectivity index (χ3v) is 5.87. The minimum Gasteiger partial charge on any atom is -0.364 e. The Morgan fingerprint density at radius 1 is 1.12 bits per heavy atom. The van der Waals surface area contributed by atoms with Gasteiger partial charge in [-0.1, -0.05) is 41.2 Å². The normalized spacial score (nSPS) is 11.6. The monoisotopic (exact) mass is 466 g/mol. The van der Waals surface area contributed by atoms with Gasteiger partial charge in [0.05, 0.1) is 6.54 Å². The van der Waals surface area contributed by atoms with E-state index in [1.54, 1.807) is 16.5 Å². The molecule has 2 aromatic heterocycles. The standard InChI is InChI=1S/C24H27FN6OS/c1-15-6-8-16(9-7-15)20-21(28-24(2,3)4)31-22(27-20)33-23(29-31)30(5)14-19(32)26-18-12-10-17(25)11-13-18/h6-13,28H,14H2,1-5H3,(H,26,32). The fraction of sp³-hybridized carbons (Fsp3) is 0.292. The quantitative estimate of drug-likeness (QED) is 0.409. The molecule has 1 amide bonds. The smallest absolute Gasteiger partial charge is 0.243 e. The second kappa shape index (κ2) is 8.82. The predicted octanol–water partition coefficient (Wildman–Crippen LogP) is 5.19. The van der Waals surface area contributed by atoms with Crippen molar-refractivity contribution in [2.24, 2.45) is 0 Å². The molecule has 4 rings (SSSR count). The molecule has 0 saturated carbocycles. The number of imidazole rings is 1. The van der Waals surface area contributed by atoms with Gasteiger partial charge in [-0.15, -0.1) is 5.10 Å². The maximum atomic E-state index is 13.1. The van der Waals surface area contributed by atoms with Crippen LogP contribution in [0.1, 0.15) is 26.3 Å². The predicted molar refractivity (Wildman–Crippen MR) is 133 cm³/mol. The molecule has 2 heterocycles. The van der Waals surface area contributed by atoms with Crippen molar-refractivity contribution < 1.29 is 9.18 Å². The van der Waals surface area contributed by atoms with E-state index in [1.165, 1.54) is 41.2 Å². The Kier molecular flexibility index (Phi) is 6.07. The second-order valence-electron chi connectivity index (χ2n) is 9.04. The third-order valence-electron chi connectivity index (χ3n) is 4.85. The number of carbonyl (C=O) groups is 1. The van der Waals surface area contributed by atoms with E-state index in [0.717, 1.165) is 22.0 Å². The molecule has 4 aromatic rings. The first-order valence-electron chi connectivity index (χ1n) is 10.6. The third kappa shape index (κ3) is 5.31. The molecule has 172 valence electrons. The highest BCUT2D eigenvalue weighted by Gasteiger charge is 2.23. The molecule has 0 saturated heterocycles. The Morgan fingerprint density at radius 2 is 1.79 bits per heavy atom. The van der Waals surface area contributed by atoms with Crippen LogP contribution >= 0.6 is 11.3 Å². The molecule has 0 unspecified atom stereocenters. The van der Waals surface area contributed by atoms with E-state index < -0.39 is 0 Å². The summed E-state index contributed by atoms with van der Waals surface area (Å²) in [6.07, 6.45) is 0. The lowest BCUT2D eigenvalue weighted by atomic mass is 10.1. The number of anilines is 3. The van der Waals surface area contributed by atoms with Crippen LogP contribution < -0.4 is 15.5 Å². The molecule has 2 N–H and O–H groups in total. The summed E-state index contributed by atoms with van der Waals surface area (Å²) in [6, 6.07) is 13.9. The number of benzene rings is 2. The van der Waals surface area contributed by atoms with Crippen LogP contribution in [0.15, 0.2) is 48.5 Å². The number of carbonyl (C=O) groups excluding carboxylic acids is 1. The van der Waals surface area contributed by atoms with Crippen molar-refractivity contribution in [3.05, 3.63) is 59.9 Å². The zero-order chi connectivity index (χ0) is 23.8. The maximum Gasteiger partial charge on any atom is 0.243 e. The van der Waals surface area contributed by atoms with Gasteiger partial charge in [-0.2, -0.15) is 4.52 Å². The molecule has 0 aliphatic rings. The van der Waals surface area contributed by atoms with E-state index in [2.05, 4.69) is 62.6 Å². The zero-order valence-electron chi connectivity index (χ0n) is 19.3. The highest BCUT2D eigenvalue weighted by molar-refractivity contribution is 7.20. The number of rotatable bonds is 6. The number of nitrogens with zero attached hydrogens (tertiary/aromatic N) is 4. The van der Waals surface area contributed by atoms with Gasteiger partial charge in [0.1, 0.15) is 11.5 Å². The van der Waals surface area contributed by atoms with Gasteiger partial charge in [0.2, 0.25) is 16.0 Å². The van der Waals surface area contributed by atoms with Gasteiger partial charge in [0.15, 0.2) is 5.82 Å². The number of aromatic nitrogens is 3. The minimum absolute atomic E-state index is 0.0981. The summed E-state index contributed by atoms with van der Waals surface area (Å²) in [5.74, 6) is 0.249. The Balaban J connectivity index is 1.59. The van der Waals surface area contributed by atoms with Crippen molar-refractivity contribution in [2.75, 3.05) is 29.1 Å². The molecule has 2 aromatic carbocycles. The highest BCUT2D eigenvalue weighted by atomic mass is 32.1. The largest absolute Gasteiger partial charge is 0.364 e. The minimum atomic E-state index is -0.346. The first-order valence-corrected chi connectivity index (χ1v) is 11.4. The van der Waals surface area contributed by atoms with Crippen LogP contribution in [0.4, 0.5) is 21.0 Å². The Bertz CT molecular complexity index is 1270. The van der Waals surface area contributed by atoms with E-state index in [1.807, 2.05) is 0 Å². The van der Waals surface area contributed by atoms with Gasteiger partial charge in [-0.25, -0.2) is 9.37 Å².